The van der Waals surface area contributed by atoms with Gasteiger partial charge in [-0.05, 0) is 25.1 Å². The number of hydrogen-bond acceptors (Lipinski definition) is 10. The smallest absolute Gasteiger partial charge is 0.303 e. The Kier molecular flexibility index (Phi) is 8.94. The van der Waals surface area contributed by atoms with Crippen LogP contribution >= 0.6 is 11.8 Å². The Morgan fingerprint density at radius 3 is 2.33 bits per heavy atom. The van der Waals surface area contributed by atoms with Crippen molar-refractivity contribution >= 4 is 29.7 Å². The number of hydrogen-bond donors (Lipinski definition) is 1. The highest BCUT2D eigenvalue weighted by Crippen LogP contribution is 2.36. The fraction of sp³-hybridized carbons (Fsp3) is 0.550. The van der Waals surface area contributed by atoms with E-state index in [1.165, 1.54) is 32.5 Å². The molecule has 10 heteroatoms. The number of rotatable bonds is 8. The van der Waals surface area contributed by atoms with Gasteiger partial charge < -0.3 is 29.4 Å². The van der Waals surface area contributed by atoms with Crippen LogP contribution in [-0.4, -0.2) is 60.9 Å². The maximum absolute atomic E-state index is 11.7. The number of carbonyl (C=O) groups is 3. The van der Waals surface area contributed by atoms with Gasteiger partial charge in [0.2, 0.25) is 0 Å². The SMILES string of the molecule is CCOc1cccc(SC2OC(COC(C)=O)C(OC(C)=O)C(N)C2OC(C)=O)c1. The molecule has 0 spiro atoms. The van der Waals surface area contributed by atoms with Gasteiger partial charge in [0.05, 0.1) is 12.6 Å². The lowest BCUT2D eigenvalue weighted by Gasteiger charge is -2.43. The Bertz CT molecular complexity index is 756. The second-order valence-corrected chi connectivity index (χ2v) is 7.77. The molecular formula is C20H27NO8S. The minimum Gasteiger partial charge on any atom is -0.494 e. The Labute approximate surface area is 179 Å². The Morgan fingerprint density at radius 1 is 1.07 bits per heavy atom. The third kappa shape index (κ3) is 6.89. The summed E-state index contributed by atoms with van der Waals surface area (Å²) in [5, 5.41) is 0. The van der Waals surface area contributed by atoms with Gasteiger partial charge in [0.1, 0.15) is 30.0 Å². The van der Waals surface area contributed by atoms with Gasteiger partial charge in [-0.25, -0.2) is 0 Å². The van der Waals surface area contributed by atoms with Crippen molar-refractivity contribution in [2.45, 2.75) is 62.4 Å². The molecule has 5 atom stereocenters. The van der Waals surface area contributed by atoms with Crippen LogP contribution in [0.1, 0.15) is 27.7 Å². The van der Waals surface area contributed by atoms with Gasteiger partial charge in [-0.1, -0.05) is 17.8 Å². The van der Waals surface area contributed by atoms with Crippen LogP contribution in [0.25, 0.3) is 0 Å². The lowest BCUT2D eigenvalue weighted by Crippen LogP contribution is -2.63. The van der Waals surface area contributed by atoms with Gasteiger partial charge in [0, 0.05) is 25.7 Å². The zero-order valence-corrected chi connectivity index (χ0v) is 18.2. The summed E-state index contributed by atoms with van der Waals surface area (Å²) in [6, 6.07) is 6.44. The van der Waals surface area contributed by atoms with Crippen LogP contribution < -0.4 is 10.5 Å². The average molecular weight is 442 g/mol. The molecule has 0 aliphatic carbocycles. The maximum Gasteiger partial charge on any atom is 0.303 e. The van der Waals surface area contributed by atoms with Crippen molar-refractivity contribution in [3.8, 4) is 5.75 Å². The fourth-order valence-corrected chi connectivity index (χ4v) is 4.16. The van der Waals surface area contributed by atoms with Crippen molar-refractivity contribution in [2.24, 2.45) is 5.73 Å². The molecular weight excluding hydrogens is 414 g/mol. The molecule has 0 bridgehead atoms. The van der Waals surface area contributed by atoms with Gasteiger partial charge in [-0.2, -0.15) is 0 Å². The van der Waals surface area contributed by atoms with Crippen molar-refractivity contribution in [3.05, 3.63) is 24.3 Å². The molecule has 0 radical (unpaired) electrons. The third-order valence-corrected chi connectivity index (χ3v) is 5.26. The summed E-state index contributed by atoms with van der Waals surface area (Å²) in [5.74, 6) is -0.956. The van der Waals surface area contributed by atoms with Crippen LogP contribution in [0, 0.1) is 0 Å². The van der Waals surface area contributed by atoms with E-state index >= 15 is 0 Å². The Balaban J connectivity index is 2.29. The maximum atomic E-state index is 11.7. The predicted octanol–water partition coefficient (Wildman–Crippen LogP) is 1.66. The van der Waals surface area contributed by atoms with Gasteiger partial charge in [0.25, 0.3) is 0 Å². The molecule has 1 fully saturated rings. The Morgan fingerprint density at radius 2 is 1.73 bits per heavy atom. The predicted molar refractivity (Wildman–Crippen MR) is 108 cm³/mol. The summed E-state index contributed by atoms with van der Waals surface area (Å²) in [7, 11) is 0. The average Bonchev–Trinajstić information content (AvgIpc) is 2.65. The Hall–Kier alpha value is -2.30. The van der Waals surface area contributed by atoms with Crippen LogP contribution in [-0.2, 0) is 33.3 Å². The van der Waals surface area contributed by atoms with E-state index in [0.717, 1.165) is 4.90 Å². The summed E-state index contributed by atoms with van der Waals surface area (Å²) in [4.78, 5) is 35.3. The highest BCUT2D eigenvalue weighted by Gasteiger charge is 2.48. The topological polar surface area (TPSA) is 123 Å². The van der Waals surface area contributed by atoms with Crippen LogP contribution in [0.5, 0.6) is 5.75 Å². The zero-order valence-electron chi connectivity index (χ0n) is 17.4. The molecule has 2 rings (SSSR count). The minimum atomic E-state index is -0.960. The highest BCUT2D eigenvalue weighted by molar-refractivity contribution is 7.99. The van der Waals surface area contributed by atoms with Crippen molar-refractivity contribution < 1.29 is 38.1 Å². The van der Waals surface area contributed by atoms with E-state index in [4.69, 9.17) is 29.4 Å². The lowest BCUT2D eigenvalue weighted by molar-refractivity contribution is -0.201. The molecule has 1 aromatic carbocycles. The van der Waals surface area contributed by atoms with Crippen LogP contribution in [0.4, 0.5) is 0 Å². The van der Waals surface area contributed by atoms with E-state index < -0.39 is 47.7 Å². The molecule has 1 aromatic rings. The molecule has 0 saturated carbocycles. The molecule has 0 aromatic heterocycles. The van der Waals surface area contributed by atoms with E-state index in [1.54, 1.807) is 0 Å². The molecule has 166 valence electrons. The normalized spacial score (nSPS) is 25.8. The van der Waals surface area contributed by atoms with E-state index in [-0.39, 0.29) is 6.61 Å². The van der Waals surface area contributed by atoms with Crippen molar-refractivity contribution in [3.63, 3.8) is 0 Å². The molecule has 1 saturated heterocycles. The van der Waals surface area contributed by atoms with Gasteiger partial charge in [-0.15, -0.1) is 0 Å². The van der Waals surface area contributed by atoms with Crippen molar-refractivity contribution in [1.82, 2.24) is 0 Å². The third-order valence-electron chi connectivity index (χ3n) is 4.13. The van der Waals surface area contributed by atoms with Gasteiger partial charge >= 0.3 is 17.9 Å². The number of thioether (sulfide) groups is 1. The molecule has 1 aliphatic rings. The van der Waals surface area contributed by atoms with E-state index in [9.17, 15) is 14.4 Å². The van der Waals surface area contributed by atoms with Crippen LogP contribution in [0.2, 0.25) is 0 Å². The van der Waals surface area contributed by atoms with Gasteiger partial charge in [-0.3, -0.25) is 14.4 Å². The molecule has 0 amide bonds. The largest absolute Gasteiger partial charge is 0.494 e. The first-order chi connectivity index (χ1) is 14.2. The summed E-state index contributed by atoms with van der Waals surface area (Å²) >= 11 is 1.28. The summed E-state index contributed by atoms with van der Waals surface area (Å²) < 4.78 is 27.3. The second kappa shape index (κ2) is 11.2. The van der Waals surface area contributed by atoms with E-state index in [0.29, 0.717) is 12.4 Å². The zero-order chi connectivity index (χ0) is 22.3. The summed E-state index contributed by atoms with van der Waals surface area (Å²) in [5.41, 5.74) is 5.60. The lowest BCUT2D eigenvalue weighted by atomic mass is 9.97. The fourth-order valence-electron chi connectivity index (χ4n) is 2.98. The first kappa shape index (κ1) is 24.0. The minimum absolute atomic E-state index is 0.163. The monoisotopic (exact) mass is 441 g/mol. The van der Waals surface area contributed by atoms with Crippen molar-refractivity contribution in [1.29, 1.82) is 0 Å². The van der Waals surface area contributed by atoms with Crippen LogP contribution in [0.15, 0.2) is 29.2 Å². The number of nitrogens with two attached hydrogens (primary N) is 1. The quantitative estimate of drug-likeness (QED) is 0.470. The molecule has 30 heavy (non-hydrogen) atoms. The molecule has 5 unspecified atom stereocenters. The van der Waals surface area contributed by atoms with Gasteiger partial charge in [0.15, 0.2) is 6.10 Å². The number of esters is 3. The summed E-state index contributed by atoms with van der Waals surface area (Å²) in [6.45, 7) is 5.99. The first-order valence-corrected chi connectivity index (χ1v) is 10.4. The first-order valence-electron chi connectivity index (χ1n) is 9.49. The molecule has 1 heterocycles. The van der Waals surface area contributed by atoms with Crippen molar-refractivity contribution in [2.75, 3.05) is 13.2 Å². The van der Waals surface area contributed by atoms with Crippen LogP contribution in [0.3, 0.4) is 0 Å². The number of ether oxygens (including phenoxy) is 5. The summed E-state index contributed by atoms with van der Waals surface area (Å²) in [6.07, 6.45) is -2.69. The highest BCUT2D eigenvalue weighted by atomic mass is 32.2. The molecule has 2 N–H and O–H groups in total. The van der Waals surface area contributed by atoms with E-state index in [2.05, 4.69) is 0 Å². The molecule has 1 aliphatic heterocycles. The molecule has 9 nitrogen and oxygen atoms in total. The van der Waals surface area contributed by atoms with E-state index in [1.807, 2.05) is 31.2 Å². The second-order valence-electron chi connectivity index (χ2n) is 6.60. The number of benzene rings is 1. The standard InChI is InChI=1S/C20H27NO8S/c1-5-25-14-7-6-8-15(9-14)30-20-19(28-13(4)24)17(21)18(27-12(3)23)16(29-20)10-26-11(2)22/h6-9,16-20H,5,10,21H2,1-4H3. The number of carbonyl (C=O) groups excluding carboxylic acids is 3.